The van der Waals surface area contributed by atoms with Gasteiger partial charge in [-0.1, -0.05) is 85.0 Å². The third-order valence-electron chi connectivity index (χ3n) is 2.92. The molecule has 0 N–H and O–H groups in total. The van der Waals surface area contributed by atoms with Gasteiger partial charge in [-0.3, -0.25) is 0 Å². The molecular weight excluding hydrogens is 280 g/mol. The van der Waals surface area contributed by atoms with Gasteiger partial charge in [0.2, 0.25) is 0 Å². The predicted octanol–water partition coefficient (Wildman–Crippen LogP) is 3.83. The Morgan fingerprint density at radius 1 is 0.667 bits per heavy atom. The third kappa shape index (κ3) is 5.79. The zero-order chi connectivity index (χ0) is 15.0. The first-order valence-corrected chi connectivity index (χ1v) is 8.61. The average molecular weight is 298 g/mol. The fourth-order valence-corrected chi connectivity index (χ4v) is 2.77. The number of hydrogen-bond acceptors (Lipinski definition) is 2. The van der Waals surface area contributed by atoms with Crippen LogP contribution in [0.1, 0.15) is 11.1 Å². The summed E-state index contributed by atoms with van der Waals surface area (Å²) < 4.78 is 23.8. The van der Waals surface area contributed by atoms with Crippen molar-refractivity contribution in [2.45, 2.75) is 0 Å². The van der Waals surface area contributed by atoms with Gasteiger partial charge in [0.25, 0.3) is 0 Å². The molecule has 0 saturated carbocycles. The number of rotatable bonds is 6. The highest BCUT2D eigenvalue weighted by molar-refractivity contribution is 7.91. The van der Waals surface area contributed by atoms with E-state index in [1.807, 2.05) is 72.8 Å². The molecule has 0 radical (unpaired) electrons. The van der Waals surface area contributed by atoms with E-state index in [4.69, 9.17) is 0 Å². The standard InChI is InChI=1S/C18H18O2S/c19-21(20,15-7-13-17-9-3-1-4-10-17)16-8-14-18-11-5-2-6-12-18/h1-14H,15-16H2/b13-7-,14-8-. The molecule has 0 unspecified atom stereocenters. The summed E-state index contributed by atoms with van der Waals surface area (Å²) in [5.41, 5.74) is 2.01. The lowest BCUT2D eigenvalue weighted by molar-refractivity contribution is 0.602. The smallest absolute Gasteiger partial charge is 0.157 e. The second-order valence-electron chi connectivity index (χ2n) is 4.70. The molecule has 108 valence electrons. The molecule has 21 heavy (non-hydrogen) atoms. The van der Waals surface area contributed by atoms with Crippen molar-refractivity contribution in [1.82, 2.24) is 0 Å². The van der Waals surface area contributed by atoms with Gasteiger partial charge in [0.15, 0.2) is 9.84 Å². The molecule has 0 saturated heterocycles. The van der Waals surface area contributed by atoms with Crippen molar-refractivity contribution in [3.63, 3.8) is 0 Å². The van der Waals surface area contributed by atoms with Crippen LogP contribution in [0.3, 0.4) is 0 Å². The molecule has 0 amide bonds. The van der Waals surface area contributed by atoms with Gasteiger partial charge in [-0.15, -0.1) is 0 Å². The minimum atomic E-state index is -3.10. The topological polar surface area (TPSA) is 34.1 Å². The van der Waals surface area contributed by atoms with Gasteiger partial charge in [-0.25, -0.2) is 8.42 Å². The van der Waals surface area contributed by atoms with Crippen molar-refractivity contribution < 1.29 is 8.42 Å². The first kappa shape index (κ1) is 15.3. The summed E-state index contributed by atoms with van der Waals surface area (Å²) in [6.45, 7) is 0. The largest absolute Gasteiger partial charge is 0.228 e. The summed E-state index contributed by atoms with van der Waals surface area (Å²) in [6.07, 6.45) is 7.05. The van der Waals surface area contributed by atoms with Gasteiger partial charge in [0, 0.05) is 0 Å². The van der Waals surface area contributed by atoms with E-state index in [-0.39, 0.29) is 11.5 Å². The number of benzene rings is 2. The fourth-order valence-electron chi connectivity index (χ4n) is 1.86. The maximum Gasteiger partial charge on any atom is 0.157 e. The van der Waals surface area contributed by atoms with Crippen LogP contribution in [0, 0.1) is 0 Å². The van der Waals surface area contributed by atoms with Crippen LogP contribution in [0.4, 0.5) is 0 Å². The zero-order valence-corrected chi connectivity index (χ0v) is 12.5. The molecule has 0 heterocycles. The maximum atomic E-state index is 11.9. The van der Waals surface area contributed by atoms with Crippen molar-refractivity contribution >= 4 is 22.0 Å². The Morgan fingerprint density at radius 2 is 1.05 bits per heavy atom. The summed E-state index contributed by atoms with van der Waals surface area (Å²) >= 11 is 0. The van der Waals surface area contributed by atoms with Crippen LogP contribution in [-0.2, 0) is 9.84 Å². The summed E-state index contributed by atoms with van der Waals surface area (Å²) in [5, 5.41) is 0. The van der Waals surface area contributed by atoms with E-state index in [9.17, 15) is 8.42 Å². The summed E-state index contributed by atoms with van der Waals surface area (Å²) in [4.78, 5) is 0. The van der Waals surface area contributed by atoms with E-state index >= 15 is 0 Å². The van der Waals surface area contributed by atoms with E-state index in [2.05, 4.69) is 0 Å². The Kier molecular flexibility index (Phi) is 5.52. The molecule has 0 fully saturated rings. The Bertz CT molecular complexity index is 642. The Morgan fingerprint density at radius 3 is 1.43 bits per heavy atom. The zero-order valence-electron chi connectivity index (χ0n) is 11.7. The first-order chi connectivity index (χ1) is 10.2. The lowest BCUT2D eigenvalue weighted by atomic mass is 10.2. The molecule has 2 aromatic rings. The molecule has 2 nitrogen and oxygen atoms in total. The molecule has 0 aliphatic heterocycles. The summed E-state index contributed by atoms with van der Waals surface area (Å²) in [7, 11) is -3.10. The van der Waals surface area contributed by atoms with Gasteiger partial charge >= 0.3 is 0 Å². The summed E-state index contributed by atoms with van der Waals surface area (Å²) in [6, 6.07) is 19.3. The molecule has 0 bridgehead atoms. The van der Waals surface area contributed by atoms with Crippen LogP contribution in [0.5, 0.6) is 0 Å². The molecule has 0 atom stereocenters. The van der Waals surface area contributed by atoms with E-state index in [1.165, 1.54) is 0 Å². The highest BCUT2D eigenvalue weighted by atomic mass is 32.2. The van der Waals surface area contributed by atoms with Crippen LogP contribution >= 0.6 is 0 Å². The second kappa shape index (κ2) is 7.60. The van der Waals surface area contributed by atoms with E-state index in [1.54, 1.807) is 12.2 Å². The lowest BCUT2D eigenvalue weighted by Crippen LogP contribution is -2.07. The monoisotopic (exact) mass is 298 g/mol. The van der Waals surface area contributed by atoms with Crippen molar-refractivity contribution in [3.8, 4) is 0 Å². The van der Waals surface area contributed by atoms with Crippen LogP contribution in [0.15, 0.2) is 72.8 Å². The Hall–Kier alpha value is -2.13. The lowest BCUT2D eigenvalue weighted by Gasteiger charge is -1.97. The van der Waals surface area contributed by atoms with Gasteiger partial charge in [-0.2, -0.15) is 0 Å². The normalized spacial score (nSPS) is 12.2. The molecule has 3 heteroatoms. The Balaban J connectivity index is 1.88. The van der Waals surface area contributed by atoms with E-state index in [0.29, 0.717) is 0 Å². The molecule has 0 aliphatic rings. The number of hydrogen-bond donors (Lipinski definition) is 0. The second-order valence-corrected chi connectivity index (χ2v) is 6.86. The fraction of sp³-hybridized carbons (Fsp3) is 0.111. The quantitative estimate of drug-likeness (QED) is 0.812. The molecule has 0 aromatic heterocycles. The first-order valence-electron chi connectivity index (χ1n) is 6.79. The van der Waals surface area contributed by atoms with Crippen LogP contribution in [0.2, 0.25) is 0 Å². The molecule has 2 aromatic carbocycles. The van der Waals surface area contributed by atoms with Crippen LogP contribution < -0.4 is 0 Å². The molecule has 2 rings (SSSR count). The van der Waals surface area contributed by atoms with E-state index in [0.717, 1.165) is 11.1 Å². The Labute approximate surface area is 126 Å². The highest BCUT2D eigenvalue weighted by Gasteiger charge is 2.05. The van der Waals surface area contributed by atoms with Gasteiger partial charge in [0.05, 0.1) is 11.5 Å². The highest BCUT2D eigenvalue weighted by Crippen LogP contribution is 2.04. The van der Waals surface area contributed by atoms with Crippen molar-refractivity contribution in [3.05, 3.63) is 83.9 Å². The van der Waals surface area contributed by atoms with Gasteiger partial charge in [0.1, 0.15) is 0 Å². The average Bonchev–Trinajstić information content (AvgIpc) is 2.49. The van der Waals surface area contributed by atoms with Crippen molar-refractivity contribution in [2.75, 3.05) is 11.5 Å². The predicted molar refractivity (Wildman–Crippen MR) is 89.6 cm³/mol. The summed E-state index contributed by atoms with van der Waals surface area (Å²) in [5.74, 6) is 0.113. The van der Waals surface area contributed by atoms with E-state index < -0.39 is 9.84 Å². The third-order valence-corrected chi connectivity index (χ3v) is 4.32. The minimum absolute atomic E-state index is 0.0566. The van der Waals surface area contributed by atoms with Crippen molar-refractivity contribution in [1.29, 1.82) is 0 Å². The maximum absolute atomic E-state index is 11.9. The van der Waals surface area contributed by atoms with Crippen LogP contribution in [0.25, 0.3) is 12.2 Å². The molecule has 0 spiro atoms. The van der Waals surface area contributed by atoms with Gasteiger partial charge < -0.3 is 0 Å². The molecule has 0 aliphatic carbocycles. The number of sulfone groups is 1. The van der Waals surface area contributed by atoms with Crippen LogP contribution in [-0.4, -0.2) is 19.9 Å². The van der Waals surface area contributed by atoms with Crippen molar-refractivity contribution in [2.24, 2.45) is 0 Å². The van der Waals surface area contributed by atoms with Gasteiger partial charge in [-0.05, 0) is 11.1 Å². The minimum Gasteiger partial charge on any atom is -0.228 e. The molecular formula is C18H18O2S. The SMILES string of the molecule is O=S(=O)(C/C=C\c1ccccc1)C/C=C\c1ccccc1.